The second-order valence-corrected chi connectivity index (χ2v) is 13.7. The fraction of sp³-hybridized carbons (Fsp3) is 0. The second-order valence-electron chi connectivity index (χ2n) is 13.7. The SMILES string of the molecule is c1ccc(-c2ccc(-c3ccc(N(c4ccccc4)c4ccc5c6c(cccc46)-c4cccc(N(c6ccccc6)c6ccccc6)c4O5)cc3)cc2)cc1. The molecule has 3 nitrogen and oxygen atoms in total. The number of ether oxygens (including phenoxy) is 1. The summed E-state index contributed by atoms with van der Waals surface area (Å²) in [5, 5.41) is 2.23. The molecule has 1 aliphatic rings. The Kier molecular flexibility index (Phi) is 8.16. The maximum Gasteiger partial charge on any atom is 0.159 e. The highest BCUT2D eigenvalue weighted by Crippen LogP contribution is 2.54. The van der Waals surface area contributed by atoms with Crippen LogP contribution in [0.3, 0.4) is 0 Å². The molecule has 0 spiro atoms. The Balaban J connectivity index is 1.07. The third-order valence-corrected chi connectivity index (χ3v) is 10.5. The van der Waals surface area contributed by atoms with Crippen LogP contribution in [0.2, 0.25) is 0 Å². The number of rotatable bonds is 8. The Morgan fingerprint density at radius 3 is 1.29 bits per heavy atom. The van der Waals surface area contributed by atoms with Crippen LogP contribution in [0.5, 0.6) is 11.5 Å². The van der Waals surface area contributed by atoms with Crippen LogP contribution in [0.25, 0.3) is 44.2 Å². The van der Waals surface area contributed by atoms with Gasteiger partial charge in [-0.25, -0.2) is 0 Å². The maximum absolute atomic E-state index is 6.99. The molecule has 10 rings (SSSR count). The fourth-order valence-corrected chi connectivity index (χ4v) is 7.87. The van der Waals surface area contributed by atoms with E-state index in [2.05, 4.69) is 228 Å². The van der Waals surface area contributed by atoms with E-state index in [0.717, 1.165) is 67.5 Å². The Bertz CT molecular complexity index is 2710. The molecular formula is C52H36N2O. The number of hydrogen-bond donors (Lipinski definition) is 0. The van der Waals surface area contributed by atoms with Crippen molar-refractivity contribution in [3.05, 3.63) is 218 Å². The van der Waals surface area contributed by atoms with E-state index in [1.807, 2.05) is 0 Å². The van der Waals surface area contributed by atoms with E-state index in [0.29, 0.717) is 0 Å². The summed E-state index contributed by atoms with van der Waals surface area (Å²) in [7, 11) is 0. The summed E-state index contributed by atoms with van der Waals surface area (Å²) in [6, 6.07) is 77.2. The molecule has 0 saturated carbocycles. The molecule has 0 bridgehead atoms. The van der Waals surface area contributed by atoms with Gasteiger partial charge in [0.1, 0.15) is 5.75 Å². The lowest BCUT2D eigenvalue weighted by Crippen LogP contribution is -2.13. The molecule has 0 unspecified atom stereocenters. The summed E-state index contributed by atoms with van der Waals surface area (Å²) in [6.45, 7) is 0. The van der Waals surface area contributed by atoms with Crippen LogP contribution in [0, 0.1) is 0 Å². The number of para-hydroxylation sites is 4. The van der Waals surface area contributed by atoms with Gasteiger partial charge in [0, 0.05) is 39.1 Å². The molecule has 0 atom stereocenters. The van der Waals surface area contributed by atoms with E-state index < -0.39 is 0 Å². The molecule has 1 aliphatic heterocycles. The summed E-state index contributed by atoms with van der Waals surface area (Å²) in [4.78, 5) is 4.63. The Labute approximate surface area is 321 Å². The molecule has 9 aromatic rings. The Hall–Kier alpha value is -7.36. The molecule has 0 radical (unpaired) electrons. The summed E-state index contributed by atoms with van der Waals surface area (Å²) in [6.07, 6.45) is 0. The number of anilines is 6. The van der Waals surface area contributed by atoms with Gasteiger partial charge in [-0.05, 0) is 94.5 Å². The van der Waals surface area contributed by atoms with Gasteiger partial charge in [-0.3, -0.25) is 0 Å². The first-order valence-corrected chi connectivity index (χ1v) is 18.7. The van der Waals surface area contributed by atoms with Crippen LogP contribution in [0.1, 0.15) is 0 Å². The minimum absolute atomic E-state index is 0.843. The summed E-state index contributed by atoms with van der Waals surface area (Å²) in [5.41, 5.74) is 13.4. The van der Waals surface area contributed by atoms with Crippen molar-refractivity contribution in [3.8, 4) is 44.9 Å². The highest BCUT2D eigenvalue weighted by molar-refractivity contribution is 6.11. The largest absolute Gasteiger partial charge is 0.454 e. The number of fused-ring (bicyclic) bond motifs is 2. The average molecular weight is 705 g/mol. The standard InChI is InChI=1S/C52H36N2O/c1-5-15-37(16-6-1)38-27-29-39(30-28-38)40-31-33-44(34-32-40)53(41-17-7-2-8-18-41)48-35-36-50-51-45(23-13-25-47(48)51)46-24-14-26-49(52(46)55-50)54(42-19-9-3-10-20-42)43-21-11-4-12-22-43/h1-36H. The molecule has 0 N–H and O–H groups in total. The third kappa shape index (κ3) is 5.89. The summed E-state index contributed by atoms with van der Waals surface area (Å²) >= 11 is 0. The van der Waals surface area contributed by atoms with Gasteiger partial charge in [-0.1, -0.05) is 152 Å². The van der Waals surface area contributed by atoms with E-state index in [4.69, 9.17) is 4.74 Å². The zero-order valence-corrected chi connectivity index (χ0v) is 30.1. The van der Waals surface area contributed by atoms with Gasteiger partial charge >= 0.3 is 0 Å². The van der Waals surface area contributed by atoms with Crippen molar-refractivity contribution in [2.75, 3.05) is 9.80 Å². The molecule has 260 valence electrons. The average Bonchev–Trinajstić information content (AvgIpc) is 3.27. The maximum atomic E-state index is 6.99. The molecule has 55 heavy (non-hydrogen) atoms. The molecule has 0 aliphatic carbocycles. The summed E-state index contributed by atoms with van der Waals surface area (Å²) in [5.74, 6) is 1.69. The monoisotopic (exact) mass is 704 g/mol. The molecule has 3 heteroatoms. The van der Waals surface area contributed by atoms with Gasteiger partial charge in [0.25, 0.3) is 0 Å². The van der Waals surface area contributed by atoms with Crippen molar-refractivity contribution in [3.63, 3.8) is 0 Å². The van der Waals surface area contributed by atoms with Gasteiger partial charge in [-0.2, -0.15) is 0 Å². The molecule has 0 fully saturated rings. The quantitative estimate of drug-likeness (QED) is 0.157. The van der Waals surface area contributed by atoms with Crippen LogP contribution in [-0.2, 0) is 0 Å². The topological polar surface area (TPSA) is 15.7 Å². The molecule has 9 aromatic carbocycles. The molecular weight excluding hydrogens is 669 g/mol. The number of benzene rings is 9. The van der Waals surface area contributed by atoms with Gasteiger partial charge in [0.05, 0.1) is 11.4 Å². The van der Waals surface area contributed by atoms with Crippen LogP contribution < -0.4 is 14.5 Å². The number of nitrogens with zero attached hydrogens (tertiary/aromatic N) is 2. The normalized spacial score (nSPS) is 11.4. The van der Waals surface area contributed by atoms with Gasteiger partial charge in [0.15, 0.2) is 5.75 Å². The fourth-order valence-electron chi connectivity index (χ4n) is 7.87. The van der Waals surface area contributed by atoms with Crippen LogP contribution in [0.15, 0.2) is 218 Å². The zero-order valence-electron chi connectivity index (χ0n) is 30.1. The first-order valence-electron chi connectivity index (χ1n) is 18.7. The molecule has 1 heterocycles. The van der Waals surface area contributed by atoms with Gasteiger partial charge in [0.2, 0.25) is 0 Å². The van der Waals surface area contributed by atoms with Crippen LogP contribution in [-0.4, -0.2) is 0 Å². The predicted molar refractivity (Wildman–Crippen MR) is 230 cm³/mol. The van der Waals surface area contributed by atoms with Crippen molar-refractivity contribution in [2.45, 2.75) is 0 Å². The van der Waals surface area contributed by atoms with Crippen molar-refractivity contribution < 1.29 is 4.74 Å². The summed E-state index contributed by atoms with van der Waals surface area (Å²) < 4.78 is 6.99. The van der Waals surface area contributed by atoms with Gasteiger partial charge in [-0.15, -0.1) is 0 Å². The third-order valence-electron chi connectivity index (χ3n) is 10.5. The zero-order chi connectivity index (χ0) is 36.6. The van der Waals surface area contributed by atoms with Crippen molar-refractivity contribution in [1.29, 1.82) is 0 Å². The van der Waals surface area contributed by atoms with Crippen LogP contribution >= 0.6 is 0 Å². The van der Waals surface area contributed by atoms with E-state index in [9.17, 15) is 0 Å². The molecule has 0 amide bonds. The van der Waals surface area contributed by atoms with Crippen LogP contribution in [0.4, 0.5) is 34.1 Å². The Morgan fingerprint density at radius 1 is 0.291 bits per heavy atom. The smallest absolute Gasteiger partial charge is 0.159 e. The molecule has 0 saturated heterocycles. The minimum Gasteiger partial charge on any atom is -0.454 e. The lowest BCUT2D eigenvalue weighted by molar-refractivity contribution is 0.488. The first kappa shape index (κ1) is 32.3. The van der Waals surface area contributed by atoms with Crippen molar-refractivity contribution >= 4 is 44.9 Å². The predicted octanol–water partition coefficient (Wildman–Crippen LogP) is 14.9. The van der Waals surface area contributed by atoms with Crippen molar-refractivity contribution in [1.82, 2.24) is 0 Å². The highest BCUT2D eigenvalue weighted by Gasteiger charge is 2.28. The van der Waals surface area contributed by atoms with E-state index in [-0.39, 0.29) is 0 Å². The second kappa shape index (κ2) is 13.9. The lowest BCUT2D eigenvalue weighted by Gasteiger charge is -2.32. The first-order chi connectivity index (χ1) is 27.3. The molecule has 0 aromatic heterocycles. The highest BCUT2D eigenvalue weighted by atomic mass is 16.5. The Morgan fingerprint density at radius 2 is 0.727 bits per heavy atom. The van der Waals surface area contributed by atoms with E-state index in [1.54, 1.807) is 0 Å². The minimum atomic E-state index is 0.843. The van der Waals surface area contributed by atoms with Gasteiger partial charge < -0.3 is 14.5 Å². The lowest BCUT2D eigenvalue weighted by atomic mass is 9.92. The van der Waals surface area contributed by atoms with E-state index >= 15 is 0 Å². The number of hydrogen-bond acceptors (Lipinski definition) is 3. The van der Waals surface area contributed by atoms with Crippen molar-refractivity contribution in [2.24, 2.45) is 0 Å². The van der Waals surface area contributed by atoms with E-state index in [1.165, 1.54) is 22.3 Å².